The Morgan fingerprint density at radius 2 is 1.46 bits per heavy atom. The molecule has 0 unspecified atom stereocenters. The quantitative estimate of drug-likeness (QED) is 0.368. The summed E-state index contributed by atoms with van der Waals surface area (Å²) < 4.78 is 1.09. The van der Waals surface area contributed by atoms with E-state index in [9.17, 15) is 0 Å². The number of nitrogens with one attached hydrogen (secondary N) is 1. The van der Waals surface area contributed by atoms with Crippen molar-refractivity contribution in [3.8, 4) is 0 Å². The van der Waals surface area contributed by atoms with E-state index in [1.807, 2.05) is 0 Å². The molecule has 0 aliphatic carbocycles. The molecule has 0 amide bonds. The largest absolute Gasteiger partial charge is 0.313 e. The Bertz CT molecular complexity index is 117. The topological polar surface area (TPSA) is 15.3 Å². The third kappa shape index (κ3) is 4.60. The van der Waals surface area contributed by atoms with Gasteiger partial charge >= 0.3 is 0 Å². The fourth-order valence-electron chi connectivity index (χ4n) is 1.17. The molecule has 0 aliphatic rings. The number of hydrogen-bond acceptors (Lipinski definition) is 2. The molecule has 0 aromatic carbocycles. The lowest BCUT2D eigenvalue weighted by Gasteiger charge is -2.34. The molecule has 0 bridgehead atoms. The summed E-state index contributed by atoms with van der Waals surface area (Å²) in [5.74, 6) is 0. The van der Waals surface area contributed by atoms with Crippen LogP contribution >= 0.6 is 0 Å². The van der Waals surface area contributed by atoms with Crippen LogP contribution in [0.5, 0.6) is 0 Å². The molecule has 80 valence electrons. The molecule has 0 spiro atoms. The highest BCUT2D eigenvalue weighted by atomic mass is 15.6. The minimum absolute atomic E-state index is 1.04. The Kier molecular flexibility index (Phi) is 6.29. The predicted molar refractivity (Wildman–Crippen MR) is 58.2 cm³/mol. The van der Waals surface area contributed by atoms with Crippen LogP contribution in [0.4, 0.5) is 0 Å². The summed E-state index contributed by atoms with van der Waals surface area (Å²) in [5.41, 5.74) is 3.47. The van der Waals surface area contributed by atoms with Crippen LogP contribution in [0.1, 0.15) is 27.7 Å². The van der Waals surface area contributed by atoms with E-state index in [1.54, 1.807) is 0 Å². The smallest absolute Gasteiger partial charge is 0.144 e. The van der Waals surface area contributed by atoms with Crippen LogP contribution in [-0.2, 0) is 0 Å². The predicted octanol–water partition coefficient (Wildman–Crippen LogP) is 1.28. The van der Waals surface area contributed by atoms with Gasteiger partial charge in [-0.25, -0.2) is 10.4 Å². The van der Waals surface area contributed by atoms with Gasteiger partial charge < -0.3 is 4.48 Å². The van der Waals surface area contributed by atoms with Crippen molar-refractivity contribution in [2.24, 2.45) is 0 Å². The molecular formula is C10H26N3+. The van der Waals surface area contributed by atoms with Crippen LogP contribution in [0.15, 0.2) is 0 Å². The average Bonchev–Trinajstić information content (AvgIpc) is 2.19. The van der Waals surface area contributed by atoms with Crippen molar-refractivity contribution >= 4 is 0 Å². The van der Waals surface area contributed by atoms with Crippen molar-refractivity contribution in [1.82, 2.24) is 10.4 Å². The monoisotopic (exact) mass is 188 g/mol. The van der Waals surface area contributed by atoms with Gasteiger partial charge in [0.05, 0.1) is 20.1 Å². The third-order valence-corrected chi connectivity index (χ3v) is 2.97. The zero-order valence-corrected chi connectivity index (χ0v) is 9.93. The van der Waals surface area contributed by atoms with Crippen molar-refractivity contribution in [3.63, 3.8) is 0 Å². The van der Waals surface area contributed by atoms with Crippen molar-refractivity contribution in [3.05, 3.63) is 0 Å². The fraction of sp³-hybridized carbons (Fsp3) is 1.00. The Morgan fingerprint density at radius 1 is 1.00 bits per heavy atom. The molecular weight excluding hydrogens is 162 g/mol. The Labute approximate surface area is 83.3 Å². The molecule has 0 aromatic rings. The van der Waals surface area contributed by atoms with Crippen LogP contribution in [0.25, 0.3) is 0 Å². The van der Waals surface area contributed by atoms with Gasteiger partial charge in [0.15, 0.2) is 0 Å². The average molecular weight is 188 g/mol. The van der Waals surface area contributed by atoms with Gasteiger partial charge in [-0.2, -0.15) is 0 Å². The minimum atomic E-state index is 1.04. The summed E-state index contributed by atoms with van der Waals surface area (Å²) in [6.45, 7) is 14.4. The van der Waals surface area contributed by atoms with Crippen molar-refractivity contribution in [2.75, 3.05) is 39.9 Å². The molecule has 0 aromatic heterocycles. The molecule has 0 radical (unpaired) electrons. The second-order valence-electron chi connectivity index (χ2n) is 3.74. The Morgan fingerprint density at radius 3 is 1.77 bits per heavy atom. The molecule has 3 nitrogen and oxygen atoms in total. The van der Waals surface area contributed by atoms with Crippen LogP contribution < -0.4 is 5.43 Å². The zero-order valence-electron chi connectivity index (χ0n) is 9.93. The van der Waals surface area contributed by atoms with E-state index in [0.29, 0.717) is 0 Å². The molecule has 1 N–H and O–H groups in total. The van der Waals surface area contributed by atoms with Gasteiger partial charge in [0.25, 0.3) is 0 Å². The van der Waals surface area contributed by atoms with E-state index in [4.69, 9.17) is 0 Å². The van der Waals surface area contributed by atoms with Crippen molar-refractivity contribution < 1.29 is 4.48 Å². The highest BCUT2D eigenvalue weighted by Gasteiger charge is 2.16. The first-order valence-corrected chi connectivity index (χ1v) is 5.43. The standard InChI is InChI=1S/C10H26N3/c1-6-12(7-2)11-10-13(5,8-3)9-4/h11H,6-10H2,1-5H3/q+1. The van der Waals surface area contributed by atoms with Crippen molar-refractivity contribution in [1.29, 1.82) is 0 Å². The van der Waals surface area contributed by atoms with E-state index < -0.39 is 0 Å². The summed E-state index contributed by atoms with van der Waals surface area (Å²) in [6.07, 6.45) is 0. The Balaban J connectivity index is 3.83. The van der Waals surface area contributed by atoms with Crippen LogP contribution in [-0.4, -0.2) is 49.4 Å². The van der Waals surface area contributed by atoms with Crippen LogP contribution in [0, 0.1) is 0 Å². The maximum absolute atomic E-state index is 3.47. The van der Waals surface area contributed by atoms with Crippen LogP contribution in [0.2, 0.25) is 0 Å². The highest BCUT2D eigenvalue weighted by Crippen LogP contribution is 1.98. The second kappa shape index (κ2) is 6.35. The zero-order chi connectivity index (χ0) is 10.3. The van der Waals surface area contributed by atoms with Gasteiger partial charge in [0, 0.05) is 13.1 Å². The van der Waals surface area contributed by atoms with Gasteiger partial charge in [-0.1, -0.05) is 13.8 Å². The van der Waals surface area contributed by atoms with Gasteiger partial charge in [-0.05, 0) is 13.8 Å². The maximum atomic E-state index is 3.47. The number of nitrogens with zero attached hydrogens (tertiary/aromatic N) is 2. The lowest BCUT2D eigenvalue weighted by atomic mass is 10.4. The van der Waals surface area contributed by atoms with Crippen molar-refractivity contribution in [2.45, 2.75) is 27.7 Å². The molecule has 3 heteroatoms. The molecule has 13 heavy (non-hydrogen) atoms. The lowest BCUT2D eigenvalue weighted by molar-refractivity contribution is -0.910. The molecule has 0 saturated carbocycles. The molecule has 0 fully saturated rings. The van der Waals surface area contributed by atoms with E-state index in [-0.39, 0.29) is 0 Å². The third-order valence-electron chi connectivity index (χ3n) is 2.97. The fourth-order valence-corrected chi connectivity index (χ4v) is 1.17. The van der Waals surface area contributed by atoms with Gasteiger partial charge in [0.2, 0.25) is 0 Å². The highest BCUT2D eigenvalue weighted by molar-refractivity contribution is 4.41. The molecule has 0 heterocycles. The molecule has 0 rings (SSSR count). The number of rotatable bonds is 7. The van der Waals surface area contributed by atoms with E-state index in [0.717, 1.165) is 24.2 Å². The molecule has 0 atom stereocenters. The maximum Gasteiger partial charge on any atom is 0.144 e. The van der Waals surface area contributed by atoms with Gasteiger partial charge in [-0.15, -0.1) is 0 Å². The van der Waals surface area contributed by atoms with E-state index in [2.05, 4.69) is 45.2 Å². The van der Waals surface area contributed by atoms with E-state index in [1.165, 1.54) is 13.1 Å². The lowest BCUT2D eigenvalue weighted by Crippen LogP contribution is -2.54. The number of quaternary nitrogens is 1. The summed E-state index contributed by atoms with van der Waals surface area (Å²) in [5, 5.41) is 2.25. The van der Waals surface area contributed by atoms with Gasteiger partial charge in [-0.3, -0.25) is 0 Å². The summed E-state index contributed by atoms with van der Waals surface area (Å²) in [4.78, 5) is 0. The van der Waals surface area contributed by atoms with E-state index >= 15 is 0 Å². The number of hydrogen-bond donors (Lipinski definition) is 1. The molecule has 0 saturated heterocycles. The first-order valence-electron chi connectivity index (χ1n) is 5.43. The Hall–Kier alpha value is -0.120. The minimum Gasteiger partial charge on any atom is -0.313 e. The van der Waals surface area contributed by atoms with Gasteiger partial charge in [0.1, 0.15) is 6.67 Å². The second-order valence-corrected chi connectivity index (χ2v) is 3.74. The van der Waals surface area contributed by atoms with Crippen LogP contribution in [0.3, 0.4) is 0 Å². The normalized spacial score (nSPS) is 12.5. The summed E-state index contributed by atoms with van der Waals surface area (Å²) >= 11 is 0. The molecule has 0 aliphatic heterocycles. The first-order chi connectivity index (χ1) is 6.11. The summed E-state index contributed by atoms with van der Waals surface area (Å²) in [7, 11) is 2.29. The number of hydrazine groups is 1. The SMILES string of the molecule is CCN(CC)NC[N+](C)(CC)CC. The summed E-state index contributed by atoms with van der Waals surface area (Å²) in [6, 6.07) is 0. The first kappa shape index (κ1) is 12.9.